The van der Waals surface area contributed by atoms with E-state index in [0.717, 1.165) is 12.8 Å². The molecule has 0 aromatic carbocycles. The van der Waals surface area contributed by atoms with Crippen molar-refractivity contribution >= 4 is 0 Å². The molecule has 0 saturated carbocycles. The molecule has 0 radical (unpaired) electrons. The van der Waals surface area contributed by atoms with E-state index in [-0.39, 0.29) is 24.2 Å². The van der Waals surface area contributed by atoms with E-state index in [2.05, 4.69) is 6.92 Å². The molecule has 0 aromatic heterocycles. The summed E-state index contributed by atoms with van der Waals surface area (Å²) in [5.74, 6) is 0.155. The van der Waals surface area contributed by atoms with Crippen molar-refractivity contribution in [3.63, 3.8) is 0 Å². The molecule has 5 unspecified atom stereocenters. The van der Waals surface area contributed by atoms with Crippen LogP contribution in [0.5, 0.6) is 0 Å². The minimum Gasteiger partial charge on any atom is -0.391 e. The van der Waals surface area contributed by atoms with Gasteiger partial charge in [0.25, 0.3) is 0 Å². The van der Waals surface area contributed by atoms with Crippen LogP contribution in [0, 0.1) is 5.92 Å². The Bertz CT molecular complexity index is 143. The molecule has 13 heavy (non-hydrogen) atoms. The first kappa shape index (κ1) is 11.0. The summed E-state index contributed by atoms with van der Waals surface area (Å²) in [7, 11) is 0. The van der Waals surface area contributed by atoms with Gasteiger partial charge in [0.05, 0.1) is 24.4 Å². The summed E-state index contributed by atoms with van der Waals surface area (Å²) >= 11 is 0. The lowest BCUT2D eigenvalue weighted by atomic mass is 9.85. The molecular weight excluding hydrogens is 166 g/mol. The van der Waals surface area contributed by atoms with Gasteiger partial charge in [-0.1, -0.05) is 20.8 Å². The van der Waals surface area contributed by atoms with Crippen LogP contribution in [0.4, 0.5) is 0 Å². The number of rotatable bonds is 2. The molecule has 0 amide bonds. The number of nitrogens with two attached hydrogens (primary N) is 1. The van der Waals surface area contributed by atoms with Crippen molar-refractivity contribution in [3.8, 4) is 0 Å². The summed E-state index contributed by atoms with van der Waals surface area (Å²) in [6.45, 7) is 6.13. The molecule has 1 fully saturated rings. The van der Waals surface area contributed by atoms with Crippen LogP contribution in [0.2, 0.25) is 0 Å². The SMILES string of the molecule is CCC1OC(CC)C(N)C(O)C1C. The van der Waals surface area contributed by atoms with Crippen LogP contribution >= 0.6 is 0 Å². The van der Waals surface area contributed by atoms with Gasteiger partial charge in [-0.3, -0.25) is 0 Å². The van der Waals surface area contributed by atoms with Crippen LogP contribution in [0.3, 0.4) is 0 Å². The van der Waals surface area contributed by atoms with Crippen LogP contribution in [0.25, 0.3) is 0 Å². The molecule has 1 saturated heterocycles. The Balaban J connectivity index is 2.66. The number of hydrogen-bond donors (Lipinski definition) is 2. The van der Waals surface area contributed by atoms with Gasteiger partial charge in [0.15, 0.2) is 0 Å². The number of hydrogen-bond acceptors (Lipinski definition) is 3. The standard InChI is InChI=1S/C10H21NO2/c1-4-7-6(3)10(12)9(11)8(5-2)13-7/h6-10,12H,4-5,11H2,1-3H3. The Morgan fingerprint density at radius 3 is 2.23 bits per heavy atom. The van der Waals surface area contributed by atoms with Gasteiger partial charge < -0.3 is 15.6 Å². The van der Waals surface area contributed by atoms with Crippen LogP contribution in [0.15, 0.2) is 0 Å². The second-order valence-electron chi connectivity index (χ2n) is 3.96. The monoisotopic (exact) mass is 187 g/mol. The summed E-state index contributed by atoms with van der Waals surface area (Å²) in [5.41, 5.74) is 5.87. The number of ether oxygens (including phenoxy) is 1. The Kier molecular flexibility index (Phi) is 3.71. The lowest BCUT2D eigenvalue weighted by Crippen LogP contribution is -2.57. The molecular formula is C10H21NO2. The van der Waals surface area contributed by atoms with Gasteiger partial charge in [-0.25, -0.2) is 0 Å². The predicted molar refractivity (Wildman–Crippen MR) is 52.4 cm³/mol. The van der Waals surface area contributed by atoms with Gasteiger partial charge in [0.2, 0.25) is 0 Å². The highest BCUT2D eigenvalue weighted by Crippen LogP contribution is 2.27. The summed E-state index contributed by atoms with van der Waals surface area (Å²) < 4.78 is 5.79. The fourth-order valence-electron chi connectivity index (χ4n) is 2.07. The average Bonchev–Trinajstić information content (AvgIpc) is 2.15. The van der Waals surface area contributed by atoms with Gasteiger partial charge >= 0.3 is 0 Å². The molecule has 1 aliphatic heterocycles. The first-order valence-electron chi connectivity index (χ1n) is 5.20. The molecule has 0 aromatic rings. The Morgan fingerprint density at radius 1 is 1.23 bits per heavy atom. The lowest BCUT2D eigenvalue weighted by molar-refractivity contribution is -0.143. The summed E-state index contributed by atoms with van der Waals surface area (Å²) in [6.07, 6.45) is 1.60. The number of aliphatic hydroxyl groups excluding tert-OH is 1. The highest BCUT2D eigenvalue weighted by atomic mass is 16.5. The van der Waals surface area contributed by atoms with E-state index in [9.17, 15) is 5.11 Å². The zero-order chi connectivity index (χ0) is 10.0. The third kappa shape index (κ3) is 2.03. The fraction of sp³-hybridized carbons (Fsp3) is 1.00. The third-order valence-electron chi connectivity index (χ3n) is 3.10. The quantitative estimate of drug-likeness (QED) is 0.675. The van der Waals surface area contributed by atoms with Crippen LogP contribution < -0.4 is 5.73 Å². The second kappa shape index (κ2) is 4.40. The van der Waals surface area contributed by atoms with Gasteiger partial charge in [0.1, 0.15) is 0 Å². The molecule has 1 heterocycles. The van der Waals surface area contributed by atoms with E-state index >= 15 is 0 Å². The topological polar surface area (TPSA) is 55.5 Å². The molecule has 3 nitrogen and oxygen atoms in total. The first-order valence-corrected chi connectivity index (χ1v) is 5.20. The Hall–Kier alpha value is -0.120. The van der Waals surface area contributed by atoms with Gasteiger partial charge in [-0.15, -0.1) is 0 Å². The van der Waals surface area contributed by atoms with Crippen molar-refractivity contribution < 1.29 is 9.84 Å². The molecule has 3 N–H and O–H groups in total. The molecule has 0 bridgehead atoms. The smallest absolute Gasteiger partial charge is 0.0766 e. The largest absolute Gasteiger partial charge is 0.391 e. The Morgan fingerprint density at radius 2 is 1.77 bits per heavy atom. The molecule has 5 atom stereocenters. The zero-order valence-corrected chi connectivity index (χ0v) is 8.73. The van der Waals surface area contributed by atoms with E-state index in [4.69, 9.17) is 10.5 Å². The summed E-state index contributed by atoms with van der Waals surface area (Å²) in [6, 6.07) is -0.220. The van der Waals surface area contributed by atoms with E-state index in [0.29, 0.717) is 0 Å². The lowest BCUT2D eigenvalue weighted by Gasteiger charge is -2.42. The normalized spacial score (nSPS) is 46.4. The summed E-state index contributed by atoms with van der Waals surface area (Å²) in [4.78, 5) is 0. The molecule has 3 heteroatoms. The van der Waals surface area contributed by atoms with Gasteiger partial charge in [0, 0.05) is 5.92 Å². The van der Waals surface area contributed by atoms with Crippen molar-refractivity contribution in [1.82, 2.24) is 0 Å². The zero-order valence-electron chi connectivity index (χ0n) is 8.73. The van der Waals surface area contributed by atoms with E-state index in [1.807, 2.05) is 13.8 Å². The molecule has 1 rings (SSSR count). The molecule has 1 aliphatic rings. The maximum Gasteiger partial charge on any atom is 0.0766 e. The minimum absolute atomic E-state index is 0.0242. The maximum atomic E-state index is 9.84. The highest BCUT2D eigenvalue weighted by molar-refractivity contribution is 4.91. The molecule has 78 valence electrons. The highest BCUT2D eigenvalue weighted by Gasteiger charge is 2.39. The fourth-order valence-corrected chi connectivity index (χ4v) is 2.07. The predicted octanol–water partition coefficient (Wildman–Crippen LogP) is 0.898. The molecule has 0 spiro atoms. The Labute approximate surface area is 80.3 Å². The van der Waals surface area contributed by atoms with E-state index in [1.54, 1.807) is 0 Å². The van der Waals surface area contributed by atoms with Crippen molar-refractivity contribution in [3.05, 3.63) is 0 Å². The van der Waals surface area contributed by atoms with Crippen molar-refractivity contribution in [2.45, 2.75) is 58.0 Å². The summed E-state index contributed by atoms with van der Waals surface area (Å²) in [5, 5.41) is 9.84. The molecule has 0 aliphatic carbocycles. The van der Waals surface area contributed by atoms with E-state index < -0.39 is 6.10 Å². The average molecular weight is 187 g/mol. The third-order valence-corrected chi connectivity index (χ3v) is 3.10. The number of aliphatic hydroxyl groups is 1. The van der Waals surface area contributed by atoms with Crippen LogP contribution in [-0.2, 0) is 4.74 Å². The van der Waals surface area contributed by atoms with Gasteiger partial charge in [-0.2, -0.15) is 0 Å². The van der Waals surface area contributed by atoms with Crippen LogP contribution in [0.1, 0.15) is 33.6 Å². The second-order valence-corrected chi connectivity index (χ2v) is 3.96. The van der Waals surface area contributed by atoms with Gasteiger partial charge in [-0.05, 0) is 12.8 Å². The first-order chi connectivity index (χ1) is 6.11. The maximum absolute atomic E-state index is 9.84. The van der Waals surface area contributed by atoms with Crippen molar-refractivity contribution in [2.75, 3.05) is 0 Å². The van der Waals surface area contributed by atoms with Crippen molar-refractivity contribution in [1.29, 1.82) is 0 Å². The van der Waals surface area contributed by atoms with Crippen molar-refractivity contribution in [2.24, 2.45) is 11.7 Å². The van der Waals surface area contributed by atoms with Crippen LogP contribution in [-0.4, -0.2) is 29.5 Å². The minimum atomic E-state index is -0.413. The van der Waals surface area contributed by atoms with E-state index in [1.165, 1.54) is 0 Å².